The van der Waals surface area contributed by atoms with E-state index in [1.165, 1.54) is 0 Å². The number of hydrogen-bond donors (Lipinski definition) is 1. The number of aromatic nitrogens is 1. The first-order valence-electron chi connectivity index (χ1n) is 8.50. The summed E-state index contributed by atoms with van der Waals surface area (Å²) in [6.07, 6.45) is 0. The maximum Gasteiger partial charge on any atom is 0.325 e. The summed E-state index contributed by atoms with van der Waals surface area (Å²) in [5, 5.41) is 9.43. The van der Waals surface area contributed by atoms with Crippen LogP contribution in [0, 0.1) is 6.92 Å². The molecule has 25 heavy (non-hydrogen) atoms. The molecule has 6 nitrogen and oxygen atoms in total. The molecular formula is C18H33ClN4O2. The van der Waals surface area contributed by atoms with Crippen LogP contribution in [-0.4, -0.2) is 65.2 Å². The fourth-order valence-electron chi connectivity index (χ4n) is 2.83. The lowest BCUT2D eigenvalue weighted by Gasteiger charge is -2.33. The van der Waals surface area contributed by atoms with Crippen molar-refractivity contribution in [2.75, 3.05) is 32.1 Å². The molecule has 2 amide bonds. The molecule has 0 unspecified atom stereocenters. The van der Waals surface area contributed by atoms with Crippen LogP contribution in [0.1, 0.15) is 39.0 Å². The summed E-state index contributed by atoms with van der Waals surface area (Å²) in [6.45, 7) is 11.8. The van der Waals surface area contributed by atoms with Gasteiger partial charge >= 0.3 is 6.03 Å². The molecule has 0 saturated heterocycles. The van der Waals surface area contributed by atoms with Gasteiger partial charge in [0.1, 0.15) is 5.82 Å². The predicted molar refractivity (Wildman–Crippen MR) is 106 cm³/mol. The predicted octanol–water partition coefficient (Wildman–Crippen LogP) is 2.91. The average molecular weight is 373 g/mol. The first-order valence-corrected chi connectivity index (χ1v) is 8.50. The molecule has 7 heteroatoms. The molecule has 0 spiro atoms. The fourth-order valence-corrected chi connectivity index (χ4v) is 2.83. The molecule has 0 aromatic carbocycles. The number of amides is 2. The van der Waals surface area contributed by atoms with Crippen molar-refractivity contribution in [3.8, 4) is 0 Å². The Labute approximate surface area is 158 Å². The number of carbonyl (C=O) groups excluding carboxylic acids is 1. The van der Waals surface area contributed by atoms with Crippen molar-refractivity contribution < 1.29 is 9.90 Å². The van der Waals surface area contributed by atoms with Gasteiger partial charge in [-0.15, -0.1) is 12.4 Å². The minimum Gasteiger partial charge on any atom is -0.392 e. The van der Waals surface area contributed by atoms with E-state index in [4.69, 9.17) is 0 Å². The number of aryl methyl sites for hydroxylation is 1. The minimum atomic E-state index is -0.107. The first-order chi connectivity index (χ1) is 11.2. The first kappa shape index (κ1) is 23.6. The van der Waals surface area contributed by atoms with E-state index in [0.717, 1.165) is 17.8 Å². The zero-order valence-electron chi connectivity index (χ0n) is 16.5. The second-order valence-corrected chi connectivity index (χ2v) is 6.89. The van der Waals surface area contributed by atoms with Gasteiger partial charge in [0, 0.05) is 45.0 Å². The molecule has 0 aliphatic rings. The Bertz CT molecular complexity index is 542. The van der Waals surface area contributed by atoms with Crippen molar-refractivity contribution in [1.82, 2.24) is 14.8 Å². The second kappa shape index (κ2) is 10.6. The Morgan fingerprint density at radius 2 is 1.68 bits per heavy atom. The number of nitrogens with zero attached hydrogens (tertiary/aromatic N) is 4. The maximum absolute atomic E-state index is 12.6. The topological polar surface area (TPSA) is 59.9 Å². The van der Waals surface area contributed by atoms with Crippen LogP contribution in [0.25, 0.3) is 0 Å². The van der Waals surface area contributed by atoms with E-state index in [-0.39, 0.29) is 25.0 Å². The molecule has 0 atom stereocenters. The smallest absolute Gasteiger partial charge is 0.325 e. The minimum absolute atomic E-state index is 0. The molecule has 144 valence electrons. The van der Waals surface area contributed by atoms with Crippen LogP contribution in [0.2, 0.25) is 0 Å². The summed E-state index contributed by atoms with van der Waals surface area (Å²) < 4.78 is 0. The molecule has 0 aliphatic heterocycles. The summed E-state index contributed by atoms with van der Waals surface area (Å²) >= 11 is 0. The summed E-state index contributed by atoms with van der Waals surface area (Å²) in [7, 11) is 3.47. The van der Waals surface area contributed by atoms with Gasteiger partial charge in [-0.2, -0.15) is 0 Å². The third-order valence-electron chi connectivity index (χ3n) is 3.98. The summed E-state index contributed by atoms with van der Waals surface area (Å²) in [5.74, 6) is 0.588. The number of urea groups is 1. The van der Waals surface area contributed by atoms with E-state index in [0.29, 0.717) is 24.4 Å². The van der Waals surface area contributed by atoms with E-state index < -0.39 is 0 Å². The number of aliphatic hydroxyl groups is 1. The normalized spacial score (nSPS) is 11.0. The highest BCUT2D eigenvalue weighted by atomic mass is 35.5. The Kier molecular flexibility index (Phi) is 10.0. The van der Waals surface area contributed by atoms with Gasteiger partial charge in [-0.05, 0) is 52.3 Å². The van der Waals surface area contributed by atoms with Gasteiger partial charge < -0.3 is 10.0 Å². The Hall–Kier alpha value is -1.37. The average Bonchev–Trinajstić information content (AvgIpc) is 2.49. The van der Waals surface area contributed by atoms with E-state index in [1.54, 1.807) is 30.0 Å². The summed E-state index contributed by atoms with van der Waals surface area (Å²) in [6, 6.07) is 4.31. The van der Waals surface area contributed by atoms with Gasteiger partial charge in [0.15, 0.2) is 0 Å². The van der Waals surface area contributed by atoms with Crippen LogP contribution in [0.15, 0.2) is 12.1 Å². The van der Waals surface area contributed by atoms with Crippen LogP contribution in [0.3, 0.4) is 0 Å². The number of hydrogen-bond acceptors (Lipinski definition) is 4. The lowest BCUT2D eigenvalue weighted by molar-refractivity contribution is 0.177. The third-order valence-corrected chi connectivity index (χ3v) is 3.98. The molecule has 0 aliphatic carbocycles. The SMILES string of the molecule is Cc1cc(CO)cc(N(CCN(C(C)C)C(C)C)C(=O)N(C)C)n1.Cl. The van der Waals surface area contributed by atoms with Crippen molar-refractivity contribution >= 4 is 24.3 Å². The fraction of sp³-hybridized carbons (Fsp3) is 0.667. The Balaban J connectivity index is 0.00000576. The number of rotatable bonds is 7. The standard InChI is InChI=1S/C18H32N4O2.ClH/c1-13(2)21(14(3)4)8-9-22(18(24)20(6)7)17-11-16(12-23)10-15(5)19-17;/h10-11,13-14,23H,8-9,12H2,1-7H3;1H. The quantitative estimate of drug-likeness (QED) is 0.799. The molecule has 1 N–H and O–H groups in total. The molecule has 0 bridgehead atoms. The van der Waals surface area contributed by atoms with Crippen molar-refractivity contribution in [1.29, 1.82) is 0 Å². The van der Waals surface area contributed by atoms with Crippen LogP contribution in [0.4, 0.5) is 10.6 Å². The van der Waals surface area contributed by atoms with Gasteiger partial charge in [-0.1, -0.05) is 0 Å². The largest absolute Gasteiger partial charge is 0.392 e. The van der Waals surface area contributed by atoms with Crippen LogP contribution in [0.5, 0.6) is 0 Å². The van der Waals surface area contributed by atoms with Gasteiger partial charge in [-0.3, -0.25) is 9.80 Å². The second-order valence-electron chi connectivity index (χ2n) is 6.89. The summed E-state index contributed by atoms with van der Waals surface area (Å²) in [4.78, 5) is 22.7. The highest BCUT2D eigenvalue weighted by molar-refractivity contribution is 5.90. The number of carbonyl (C=O) groups is 1. The van der Waals surface area contributed by atoms with E-state index in [2.05, 4.69) is 37.6 Å². The lowest BCUT2D eigenvalue weighted by atomic mass is 10.2. The van der Waals surface area contributed by atoms with Crippen molar-refractivity contribution in [3.05, 3.63) is 23.4 Å². The Morgan fingerprint density at radius 3 is 2.12 bits per heavy atom. The number of pyridine rings is 1. The highest BCUT2D eigenvalue weighted by Crippen LogP contribution is 2.17. The molecule has 1 aromatic rings. The summed E-state index contributed by atoms with van der Waals surface area (Å²) in [5.41, 5.74) is 1.55. The van der Waals surface area contributed by atoms with Crippen molar-refractivity contribution in [2.45, 2.75) is 53.3 Å². The molecule has 1 aromatic heterocycles. The highest BCUT2D eigenvalue weighted by Gasteiger charge is 2.22. The number of anilines is 1. The van der Waals surface area contributed by atoms with E-state index >= 15 is 0 Å². The van der Waals surface area contributed by atoms with E-state index in [9.17, 15) is 9.90 Å². The molecule has 1 heterocycles. The molecule has 1 rings (SSSR count). The van der Waals surface area contributed by atoms with Crippen molar-refractivity contribution in [2.24, 2.45) is 0 Å². The zero-order valence-corrected chi connectivity index (χ0v) is 17.3. The molecular weight excluding hydrogens is 340 g/mol. The van der Waals surface area contributed by atoms with Gasteiger partial charge in [0.2, 0.25) is 0 Å². The number of aliphatic hydroxyl groups excluding tert-OH is 1. The van der Waals surface area contributed by atoms with Crippen LogP contribution < -0.4 is 4.90 Å². The Morgan fingerprint density at radius 1 is 1.12 bits per heavy atom. The van der Waals surface area contributed by atoms with Gasteiger partial charge in [0.05, 0.1) is 6.61 Å². The van der Waals surface area contributed by atoms with Gasteiger partial charge in [0.25, 0.3) is 0 Å². The molecule has 0 saturated carbocycles. The lowest BCUT2D eigenvalue weighted by Crippen LogP contribution is -2.47. The zero-order chi connectivity index (χ0) is 18.4. The molecule has 0 radical (unpaired) electrons. The molecule has 0 fully saturated rings. The van der Waals surface area contributed by atoms with Crippen LogP contribution in [-0.2, 0) is 6.61 Å². The van der Waals surface area contributed by atoms with Crippen molar-refractivity contribution in [3.63, 3.8) is 0 Å². The van der Waals surface area contributed by atoms with Gasteiger partial charge in [-0.25, -0.2) is 9.78 Å². The van der Waals surface area contributed by atoms with Crippen LogP contribution >= 0.6 is 12.4 Å². The monoisotopic (exact) mass is 372 g/mol. The maximum atomic E-state index is 12.6. The number of halogens is 1. The van der Waals surface area contributed by atoms with E-state index in [1.807, 2.05) is 13.0 Å². The third kappa shape index (κ3) is 6.80.